The number of hydrogen-bond donors (Lipinski definition) is 5. The average Bonchev–Trinajstić information content (AvgIpc) is 3.85. The smallest absolute Gasteiger partial charge is 0.318 e. The van der Waals surface area contributed by atoms with E-state index >= 15 is 0 Å². The number of primary amides is 1. The number of nitrogens with two attached hydrogens (primary N) is 1. The fourth-order valence-electron chi connectivity index (χ4n) is 4.81. The van der Waals surface area contributed by atoms with E-state index < -0.39 is 66.4 Å². The van der Waals surface area contributed by atoms with E-state index in [9.17, 15) is 28.8 Å². The van der Waals surface area contributed by atoms with Gasteiger partial charge in [-0.15, -0.1) is 0 Å². The van der Waals surface area contributed by atoms with Crippen LogP contribution in [0.5, 0.6) is 0 Å². The zero-order valence-corrected chi connectivity index (χ0v) is 25.8. The summed E-state index contributed by atoms with van der Waals surface area (Å²) < 4.78 is 5.48. The van der Waals surface area contributed by atoms with Crippen molar-refractivity contribution in [1.82, 2.24) is 36.2 Å². The van der Waals surface area contributed by atoms with Crippen LogP contribution in [0.1, 0.15) is 25.0 Å². The lowest BCUT2D eigenvalue weighted by Crippen LogP contribution is -2.58. The summed E-state index contributed by atoms with van der Waals surface area (Å²) >= 11 is 0. The Balaban J connectivity index is 1.35. The van der Waals surface area contributed by atoms with E-state index in [1.54, 1.807) is 9.80 Å². The fraction of sp³-hybridized carbons (Fsp3) is 0.419. The van der Waals surface area contributed by atoms with E-state index in [0.29, 0.717) is 31.2 Å². The van der Waals surface area contributed by atoms with Crippen molar-refractivity contribution in [2.24, 2.45) is 5.73 Å². The Morgan fingerprint density at radius 2 is 1.35 bits per heavy atom. The number of carbonyl (C=O) groups is 6. The number of carbonyl (C=O) groups excluding carboxylic acids is 6. The molecule has 15 heteroatoms. The molecule has 4 atom stereocenters. The molecule has 0 radical (unpaired) electrons. The molecule has 2 fully saturated rings. The Morgan fingerprint density at radius 1 is 0.826 bits per heavy atom. The Morgan fingerprint density at radius 3 is 1.89 bits per heavy atom. The summed E-state index contributed by atoms with van der Waals surface area (Å²) in [6.45, 7) is 4.97. The summed E-state index contributed by atoms with van der Waals surface area (Å²) in [7, 11) is 0. The van der Waals surface area contributed by atoms with Crippen LogP contribution in [0.2, 0.25) is 0 Å². The van der Waals surface area contributed by atoms with Crippen molar-refractivity contribution in [3.63, 3.8) is 0 Å². The van der Waals surface area contributed by atoms with Gasteiger partial charge in [-0.05, 0) is 25.0 Å². The third-order valence-electron chi connectivity index (χ3n) is 7.44. The molecule has 0 aliphatic carbocycles. The van der Waals surface area contributed by atoms with Gasteiger partial charge in [0.25, 0.3) is 17.7 Å². The van der Waals surface area contributed by atoms with Crippen LogP contribution in [-0.4, -0.2) is 107 Å². The maximum absolute atomic E-state index is 13.5. The van der Waals surface area contributed by atoms with E-state index in [1.807, 2.05) is 60.7 Å². The van der Waals surface area contributed by atoms with Gasteiger partial charge in [0.1, 0.15) is 18.6 Å². The third kappa shape index (κ3) is 9.49. The molecule has 2 aromatic rings. The van der Waals surface area contributed by atoms with E-state index in [4.69, 9.17) is 10.5 Å². The van der Waals surface area contributed by atoms with Crippen LogP contribution in [0, 0.1) is 0 Å². The third-order valence-corrected chi connectivity index (χ3v) is 7.44. The molecule has 46 heavy (non-hydrogen) atoms. The Kier molecular flexibility index (Phi) is 11.6. The second-order valence-electron chi connectivity index (χ2n) is 11.1. The second kappa shape index (κ2) is 15.8. The van der Waals surface area contributed by atoms with Gasteiger partial charge in [-0.3, -0.25) is 29.4 Å². The molecular weight excluding hydrogens is 596 g/mol. The van der Waals surface area contributed by atoms with Crippen molar-refractivity contribution in [2.45, 2.75) is 51.2 Å². The largest absolute Gasteiger partial charge is 0.368 e. The minimum absolute atomic E-state index is 0.266. The number of benzene rings is 2. The number of urea groups is 1. The molecule has 0 unspecified atom stereocenters. The molecule has 2 heterocycles. The van der Waals surface area contributed by atoms with Crippen molar-refractivity contribution >= 4 is 35.6 Å². The Bertz CT molecular complexity index is 1360. The van der Waals surface area contributed by atoms with Crippen molar-refractivity contribution in [2.75, 3.05) is 32.7 Å². The van der Waals surface area contributed by atoms with E-state index in [0.717, 1.165) is 11.1 Å². The highest BCUT2D eigenvalue weighted by Gasteiger charge is 2.53. The highest BCUT2D eigenvalue weighted by atomic mass is 16.6. The predicted molar refractivity (Wildman–Crippen MR) is 165 cm³/mol. The highest BCUT2D eigenvalue weighted by Crippen LogP contribution is 2.27. The first-order chi connectivity index (χ1) is 22.0. The molecule has 0 saturated carbocycles. The average molecular weight is 637 g/mol. The van der Waals surface area contributed by atoms with Crippen LogP contribution in [0.4, 0.5) is 4.79 Å². The second-order valence-corrected chi connectivity index (χ2v) is 11.1. The lowest BCUT2D eigenvalue weighted by atomic mass is 10.1. The van der Waals surface area contributed by atoms with Gasteiger partial charge in [-0.2, -0.15) is 0 Å². The number of nitrogens with zero attached hydrogens (tertiary/aromatic N) is 3. The van der Waals surface area contributed by atoms with Gasteiger partial charge in [-0.1, -0.05) is 60.7 Å². The zero-order valence-electron chi connectivity index (χ0n) is 25.8. The summed E-state index contributed by atoms with van der Waals surface area (Å²) in [5, 5.41) is 8.88. The lowest BCUT2D eigenvalue weighted by Gasteiger charge is -2.29. The topological polar surface area (TPSA) is 199 Å². The van der Waals surface area contributed by atoms with Gasteiger partial charge in [0.05, 0.1) is 0 Å². The molecular formula is C31H40N8O7. The first-order valence-corrected chi connectivity index (χ1v) is 15.0. The molecule has 6 N–H and O–H groups in total. The molecule has 2 aliphatic heterocycles. The van der Waals surface area contributed by atoms with Crippen LogP contribution < -0.4 is 27.1 Å². The first-order valence-electron chi connectivity index (χ1n) is 15.0. The number of piperazine rings is 1. The van der Waals surface area contributed by atoms with Crippen LogP contribution >= 0.6 is 0 Å². The molecule has 7 amide bonds. The number of hydrazine groups is 1. The van der Waals surface area contributed by atoms with Crippen molar-refractivity contribution < 1.29 is 33.5 Å². The Hall–Kier alpha value is -5.02. The molecule has 2 saturated heterocycles. The standard InChI is InChI=1S/C31H40N8O7/c1-20(35-31(45)37-15-13-33-14-16-37)27(41)34-21(2)28(42)36-39(19-24(32)40)30(44)26-25(46-26)29(43)38(17-22-9-5-3-6-10-22)18-23-11-7-4-8-12-23/h3-12,20-21,25-26,33H,13-19H2,1-2H3,(H2,32,40)(H,34,41)(H,35,45)(H,36,42)/t20-,21-,25-,26-/m0/s1. The van der Waals surface area contributed by atoms with E-state index in [2.05, 4.69) is 21.4 Å². The van der Waals surface area contributed by atoms with Crippen molar-refractivity contribution in [3.8, 4) is 0 Å². The van der Waals surface area contributed by atoms with Crippen molar-refractivity contribution in [1.29, 1.82) is 0 Å². The first kappa shape index (κ1) is 33.9. The lowest BCUT2D eigenvalue weighted by molar-refractivity contribution is -0.145. The van der Waals surface area contributed by atoms with Gasteiger partial charge >= 0.3 is 6.03 Å². The summed E-state index contributed by atoms with van der Waals surface area (Å²) in [5.74, 6) is -3.67. The summed E-state index contributed by atoms with van der Waals surface area (Å²) in [4.78, 5) is 79.8. The van der Waals surface area contributed by atoms with Crippen LogP contribution in [0.3, 0.4) is 0 Å². The molecule has 0 aromatic heterocycles. The number of epoxide rings is 1. The zero-order chi connectivity index (χ0) is 33.2. The summed E-state index contributed by atoms with van der Waals surface area (Å²) in [6, 6.07) is 16.2. The van der Waals surface area contributed by atoms with Gasteiger partial charge < -0.3 is 36.2 Å². The quantitative estimate of drug-likeness (QED) is 0.142. The van der Waals surface area contributed by atoms with Crippen molar-refractivity contribution in [3.05, 3.63) is 71.8 Å². The summed E-state index contributed by atoms with van der Waals surface area (Å²) in [5.41, 5.74) is 9.39. The van der Waals surface area contributed by atoms with Crippen LogP contribution in [-0.2, 0) is 41.8 Å². The SMILES string of the molecule is C[C@H](NC(=O)[C@H](C)NC(=O)N1CCNCC1)C(=O)NN(CC(N)=O)C(=O)[C@H]1O[C@@H]1C(=O)N(Cc1ccccc1)Cc1ccccc1. The summed E-state index contributed by atoms with van der Waals surface area (Å²) in [6.07, 6.45) is -2.39. The minimum Gasteiger partial charge on any atom is -0.368 e. The predicted octanol–water partition coefficient (Wildman–Crippen LogP) is -1.16. The van der Waals surface area contributed by atoms with Gasteiger partial charge in [-0.25, -0.2) is 9.80 Å². The number of hydrogen-bond acceptors (Lipinski definition) is 8. The highest BCUT2D eigenvalue weighted by molar-refractivity contribution is 5.98. The molecule has 15 nitrogen and oxygen atoms in total. The maximum Gasteiger partial charge on any atom is 0.318 e. The van der Waals surface area contributed by atoms with Gasteiger partial charge in [0.2, 0.25) is 11.8 Å². The fourth-order valence-corrected chi connectivity index (χ4v) is 4.81. The molecule has 246 valence electrons. The van der Waals surface area contributed by atoms with Crippen LogP contribution in [0.15, 0.2) is 60.7 Å². The number of amides is 7. The monoisotopic (exact) mass is 636 g/mol. The minimum atomic E-state index is -1.26. The van der Waals surface area contributed by atoms with E-state index in [1.165, 1.54) is 13.8 Å². The molecule has 4 rings (SSSR count). The molecule has 2 aliphatic rings. The van der Waals surface area contributed by atoms with E-state index in [-0.39, 0.29) is 13.1 Å². The maximum atomic E-state index is 13.5. The number of ether oxygens (including phenoxy) is 1. The van der Waals surface area contributed by atoms with Crippen LogP contribution in [0.25, 0.3) is 0 Å². The van der Waals surface area contributed by atoms with Gasteiger partial charge in [0.15, 0.2) is 12.2 Å². The Labute approximate surface area is 266 Å². The normalized spacial score (nSPS) is 18.3. The number of rotatable bonds is 12. The number of nitrogens with one attached hydrogen (secondary N) is 4. The molecule has 0 bridgehead atoms. The molecule has 2 aromatic carbocycles. The van der Waals surface area contributed by atoms with Gasteiger partial charge in [0, 0.05) is 39.3 Å². The molecule has 0 spiro atoms.